The molecule has 0 aromatic heterocycles. The summed E-state index contributed by atoms with van der Waals surface area (Å²) >= 11 is 3.54. The number of fused-ring (bicyclic) bond motifs is 1. The fraction of sp³-hybridized carbons (Fsp3) is 0.0952. The number of nitrogens with one attached hydrogen (secondary N) is 1. The second-order valence-corrected chi connectivity index (χ2v) is 7.08. The predicted molar refractivity (Wildman–Crippen MR) is 108 cm³/mol. The highest BCUT2D eigenvalue weighted by Crippen LogP contribution is 2.42. The van der Waals surface area contributed by atoms with Crippen molar-refractivity contribution in [1.82, 2.24) is 0 Å². The molecule has 26 heavy (non-hydrogen) atoms. The van der Waals surface area contributed by atoms with Crippen LogP contribution in [0.25, 0.3) is 11.1 Å². The van der Waals surface area contributed by atoms with Crippen LogP contribution < -0.4 is 10.2 Å². The lowest BCUT2D eigenvalue weighted by Gasteiger charge is -2.24. The number of anilines is 3. The number of hydrogen-bond acceptors (Lipinski definition) is 2. The first-order valence-corrected chi connectivity index (χ1v) is 9.17. The summed E-state index contributed by atoms with van der Waals surface area (Å²) in [6.45, 7) is 0.900. The third kappa shape index (κ3) is 3.06. The molecule has 3 aromatic rings. The average molecular weight is 409 g/mol. The highest BCUT2D eigenvalue weighted by molar-refractivity contribution is 9.10. The van der Waals surface area contributed by atoms with E-state index in [9.17, 15) is 4.79 Å². The largest absolute Gasteiger partial charge is 0.465 e. The van der Waals surface area contributed by atoms with E-state index in [0.717, 1.165) is 34.3 Å². The molecule has 1 amide bonds. The second-order valence-electron chi connectivity index (χ2n) is 6.17. The lowest BCUT2D eigenvalue weighted by atomic mass is 10.0. The topological polar surface area (TPSA) is 52.6 Å². The quantitative estimate of drug-likeness (QED) is 0.566. The fourth-order valence-electron chi connectivity index (χ4n) is 3.50. The van der Waals surface area contributed by atoms with Gasteiger partial charge in [0.05, 0.1) is 5.69 Å². The van der Waals surface area contributed by atoms with Crippen LogP contribution in [0.2, 0.25) is 0 Å². The van der Waals surface area contributed by atoms with E-state index >= 15 is 0 Å². The molecule has 3 aromatic carbocycles. The van der Waals surface area contributed by atoms with Gasteiger partial charge in [-0.2, -0.15) is 0 Å². The monoisotopic (exact) mass is 408 g/mol. The Morgan fingerprint density at radius 2 is 1.69 bits per heavy atom. The highest BCUT2D eigenvalue weighted by atomic mass is 79.9. The maximum absolute atomic E-state index is 11.2. The molecule has 5 heteroatoms. The molecule has 0 bridgehead atoms. The maximum Gasteiger partial charge on any atom is 0.409 e. The van der Waals surface area contributed by atoms with Gasteiger partial charge in [0.1, 0.15) is 0 Å². The average Bonchev–Trinajstić information content (AvgIpc) is 3.04. The normalized spacial score (nSPS) is 12.7. The maximum atomic E-state index is 11.2. The van der Waals surface area contributed by atoms with Crippen molar-refractivity contribution in [2.24, 2.45) is 0 Å². The van der Waals surface area contributed by atoms with Gasteiger partial charge < -0.3 is 10.0 Å². The molecule has 0 unspecified atom stereocenters. The van der Waals surface area contributed by atoms with Crippen molar-refractivity contribution in [3.8, 4) is 11.1 Å². The standard InChI is InChI=1S/C21H17BrN2O2/c22-15-9-10-19-14(13-15)11-12-24(19)20-8-4-2-6-17(20)16-5-1-3-7-18(16)23-21(25)26/h1-10,13,23H,11-12H2,(H,25,26). The SMILES string of the molecule is O=C(O)Nc1ccccc1-c1ccccc1N1CCc2cc(Br)ccc21. The van der Waals surface area contributed by atoms with Crippen molar-refractivity contribution in [3.63, 3.8) is 0 Å². The molecule has 0 saturated carbocycles. The van der Waals surface area contributed by atoms with Gasteiger partial charge in [0, 0.05) is 33.5 Å². The molecule has 0 atom stereocenters. The molecule has 1 aliphatic rings. The van der Waals surface area contributed by atoms with Gasteiger partial charge in [-0.25, -0.2) is 4.79 Å². The molecule has 2 N–H and O–H groups in total. The minimum atomic E-state index is -1.06. The van der Waals surface area contributed by atoms with E-state index in [4.69, 9.17) is 5.11 Å². The third-order valence-corrected chi connectivity index (χ3v) is 5.08. The smallest absolute Gasteiger partial charge is 0.409 e. The number of nitrogens with zero attached hydrogens (tertiary/aromatic N) is 1. The van der Waals surface area contributed by atoms with Crippen LogP contribution in [0.4, 0.5) is 21.9 Å². The van der Waals surface area contributed by atoms with Crippen LogP contribution in [0.3, 0.4) is 0 Å². The number of halogens is 1. The van der Waals surface area contributed by atoms with Crippen LogP contribution >= 0.6 is 15.9 Å². The summed E-state index contributed by atoms with van der Waals surface area (Å²) < 4.78 is 1.09. The number of benzene rings is 3. The molecule has 0 aliphatic carbocycles. The Balaban J connectivity index is 1.82. The van der Waals surface area contributed by atoms with Crippen LogP contribution in [-0.2, 0) is 6.42 Å². The van der Waals surface area contributed by atoms with E-state index < -0.39 is 6.09 Å². The van der Waals surface area contributed by atoms with Gasteiger partial charge in [-0.15, -0.1) is 0 Å². The molecule has 0 saturated heterocycles. The third-order valence-electron chi connectivity index (χ3n) is 4.59. The zero-order chi connectivity index (χ0) is 18.1. The Kier molecular flexibility index (Phi) is 4.39. The van der Waals surface area contributed by atoms with E-state index in [1.165, 1.54) is 11.3 Å². The molecule has 1 heterocycles. The van der Waals surface area contributed by atoms with Crippen LogP contribution in [0.5, 0.6) is 0 Å². The Labute approximate surface area is 160 Å². The molecule has 130 valence electrons. The minimum Gasteiger partial charge on any atom is -0.465 e. The second kappa shape index (κ2) is 6.84. The Bertz CT molecular complexity index is 987. The Morgan fingerprint density at radius 1 is 0.962 bits per heavy atom. The van der Waals surface area contributed by atoms with Crippen LogP contribution in [-0.4, -0.2) is 17.7 Å². The molecule has 4 rings (SSSR count). The Hall–Kier alpha value is -2.79. The summed E-state index contributed by atoms with van der Waals surface area (Å²) in [5.41, 5.74) is 6.05. The summed E-state index contributed by atoms with van der Waals surface area (Å²) in [5, 5.41) is 11.7. The van der Waals surface area contributed by atoms with E-state index in [-0.39, 0.29) is 0 Å². The molecule has 0 spiro atoms. The Morgan fingerprint density at radius 3 is 2.50 bits per heavy atom. The van der Waals surface area contributed by atoms with Crippen LogP contribution in [0.15, 0.2) is 71.2 Å². The number of hydrogen-bond donors (Lipinski definition) is 2. The van der Waals surface area contributed by atoms with Gasteiger partial charge >= 0.3 is 6.09 Å². The lowest BCUT2D eigenvalue weighted by Crippen LogP contribution is -2.14. The summed E-state index contributed by atoms with van der Waals surface area (Å²) in [4.78, 5) is 13.5. The summed E-state index contributed by atoms with van der Waals surface area (Å²) in [5.74, 6) is 0. The van der Waals surface area contributed by atoms with Crippen molar-refractivity contribution in [2.45, 2.75) is 6.42 Å². The zero-order valence-electron chi connectivity index (χ0n) is 13.9. The van der Waals surface area contributed by atoms with Gasteiger partial charge in [-0.3, -0.25) is 5.32 Å². The van der Waals surface area contributed by atoms with Crippen molar-refractivity contribution in [3.05, 3.63) is 76.8 Å². The van der Waals surface area contributed by atoms with Gasteiger partial charge in [0.25, 0.3) is 0 Å². The first-order chi connectivity index (χ1) is 12.6. The first kappa shape index (κ1) is 16.7. The van der Waals surface area contributed by atoms with E-state index in [1.54, 1.807) is 6.07 Å². The van der Waals surface area contributed by atoms with Gasteiger partial charge in [-0.05, 0) is 42.3 Å². The zero-order valence-corrected chi connectivity index (χ0v) is 15.5. The number of carbonyl (C=O) groups is 1. The summed E-state index contributed by atoms with van der Waals surface area (Å²) in [6.07, 6.45) is -0.0794. The van der Waals surface area contributed by atoms with E-state index in [0.29, 0.717) is 5.69 Å². The molecular weight excluding hydrogens is 392 g/mol. The summed E-state index contributed by atoms with van der Waals surface area (Å²) in [7, 11) is 0. The molecule has 0 fully saturated rings. The number of rotatable bonds is 3. The fourth-order valence-corrected chi connectivity index (χ4v) is 3.91. The molecular formula is C21H17BrN2O2. The van der Waals surface area contributed by atoms with Gasteiger partial charge in [-0.1, -0.05) is 52.3 Å². The molecule has 0 radical (unpaired) electrons. The predicted octanol–water partition coefficient (Wildman–Crippen LogP) is 5.90. The first-order valence-electron chi connectivity index (χ1n) is 8.38. The van der Waals surface area contributed by atoms with Crippen molar-refractivity contribution >= 4 is 39.1 Å². The van der Waals surface area contributed by atoms with E-state index in [1.807, 2.05) is 36.4 Å². The van der Waals surface area contributed by atoms with Gasteiger partial charge in [0.2, 0.25) is 0 Å². The molecule has 1 aliphatic heterocycles. The van der Waals surface area contributed by atoms with Crippen molar-refractivity contribution in [2.75, 3.05) is 16.8 Å². The van der Waals surface area contributed by atoms with Crippen LogP contribution in [0.1, 0.15) is 5.56 Å². The van der Waals surface area contributed by atoms with E-state index in [2.05, 4.69) is 50.4 Å². The number of carboxylic acid groups (broad SMARTS) is 1. The lowest BCUT2D eigenvalue weighted by molar-refractivity contribution is 0.210. The highest BCUT2D eigenvalue weighted by Gasteiger charge is 2.23. The molecule has 4 nitrogen and oxygen atoms in total. The van der Waals surface area contributed by atoms with Gasteiger partial charge in [0.15, 0.2) is 0 Å². The van der Waals surface area contributed by atoms with Crippen molar-refractivity contribution in [1.29, 1.82) is 0 Å². The minimum absolute atomic E-state index is 0.586. The van der Waals surface area contributed by atoms with Crippen LogP contribution in [0, 0.1) is 0 Å². The summed E-state index contributed by atoms with van der Waals surface area (Å²) in [6, 6.07) is 22.0. The number of amides is 1. The van der Waals surface area contributed by atoms with Crippen molar-refractivity contribution < 1.29 is 9.90 Å². The number of para-hydroxylation sites is 2.